The Morgan fingerprint density at radius 1 is 1.29 bits per heavy atom. The molecule has 0 bridgehead atoms. The minimum atomic E-state index is -0.385. The Morgan fingerprint density at radius 2 is 2.05 bits per heavy atom. The van der Waals surface area contributed by atoms with Gasteiger partial charge in [-0.05, 0) is 37.3 Å². The summed E-state index contributed by atoms with van der Waals surface area (Å²) < 4.78 is 6.78. The summed E-state index contributed by atoms with van der Waals surface area (Å²) in [5, 5.41) is 7.39. The minimum absolute atomic E-state index is 0.151. The van der Waals surface area contributed by atoms with Crippen molar-refractivity contribution < 1.29 is 9.21 Å². The largest absolute Gasteiger partial charge is 0.429 e. The summed E-state index contributed by atoms with van der Waals surface area (Å²) in [5.74, 6) is 0.238. The Morgan fingerprint density at radius 3 is 2.71 bits per heavy atom. The Bertz CT molecular complexity index is 776. The van der Waals surface area contributed by atoms with Crippen molar-refractivity contribution in [1.82, 2.24) is 14.8 Å². The normalized spacial score (nSPS) is 10.6. The molecule has 0 aliphatic rings. The highest BCUT2D eigenvalue weighted by Crippen LogP contribution is 2.14. The number of hydrogen-bond donors (Lipinski definition) is 1. The first-order chi connectivity index (χ1) is 10.1. The number of benzene rings is 1. The number of nitrogens with zero attached hydrogens (tertiary/aromatic N) is 3. The topological polar surface area (TPSA) is 73.0 Å². The first-order valence-corrected chi connectivity index (χ1v) is 6.55. The van der Waals surface area contributed by atoms with Gasteiger partial charge in [0.1, 0.15) is 5.76 Å². The first kappa shape index (κ1) is 13.4. The molecule has 0 aliphatic carbocycles. The number of carbonyl (C=O) groups is 1. The standard InChI is InChI=1S/C14H11ClN4O2/c1-9-8-16-14(21-9)17-13(20)12-6-7-19(18-12)11-4-2-10(15)3-5-11/h2-8H,1H3,(H,16,17,20). The highest BCUT2D eigenvalue weighted by atomic mass is 35.5. The van der Waals surface area contributed by atoms with Crippen molar-refractivity contribution in [2.45, 2.75) is 6.92 Å². The number of anilines is 1. The van der Waals surface area contributed by atoms with E-state index in [9.17, 15) is 4.79 Å². The number of nitrogens with one attached hydrogen (secondary N) is 1. The average molecular weight is 303 g/mol. The van der Waals surface area contributed by atoms with E-state index >= 15 is 0 Å². The van der Waals surface area contributed by atoms with Gasteiger partial charge in [0.25, 0.3) is 5.91 Å². The van der Waals surface area contributed by atoms with Gasteiger partial charge < -0.3 is 4.42 Å². The van der Waals surface area contributed by atoms with Gasteiger partial charge in [-0.2, -0.15) is 5.10 Å². The molecule has 3 rings (SSSR count). The molecule has 0 aliphatic heterocycles. The van der Waals surface area contributed by atoms with Gasteiger partial charge in [0.2, 0.25) is 0 Å². The quantitative estimate of drug-likeness (QED) is 0.807. The van der Waals surface area contributed by atoms with Crippen LogP contribution in [-0.2, 0) is 0 Å². The van der Waals surface area contributed by atoms with Crippen LogP contribution in [0.25, 0.3) is 5.69 Å². The van der Waals surface area contributed by atoms with Crippen LogP contribution in [0.4, 0.5) is 6.01 Å². The van der Waals surface area contributed by atoms with Crippen LogP contribution < -0.4 is 5.32 Å². The van der Waals surface area contributed by atoms with Crippen molar-refractivity contribution in [1.29, 1.82) is 0 Å². The molecule has 0 saturated carbocycles. The van der Waals surface area contributed by atoms with Crippen molar-refractivity contribution in [3.05, 3.63) is 59.2 Å². The smallest absolute Gasteiger partial charge is 0.301 e. The molecule has 1 N–H and O–H groups in total. The fourth-order valence-electron chi connectivity index (χ4n) is 1.76. The predicted octanol–water partition coefficient (Wildman–Crippen LogP) is 3.07. The molecule has 0 fully saturated rings. The van der Waals surface area contributed by atoms with Crippen molar-refractivity contribution in [3.8, 4) is 5.69 Å². The van der Waals surface area contributed by atoms with E-state index < -0.39 is 0 Å². The Kier molecular flexibility index (Phi) is 3.45. The predicted molar refractivity (Wildman–Crippen MR) is 77.8 cm³/mol. The molecule has 7 heteroatoms. The van der Waals surface area contributed by atoms with Crippen LogP contribution in [0.5, 0.6) is 0 Å². The number of aromatic nitrogens is 3. The second-order valence-corrected chi connectivity index (χ2v) is 4.79. The molecule has 6 nitrogen and oxygen atoms in total. The maximum atomic E-state index is 12.0. The Balaban J connectivity index is 1.78. The lowest BCUT2D eigenvalue weighted by Gasteiger charge is -2.01. The van der Waals surface area contributed by atoms with Crippen LogP contribution in [0.2, 0.25) is 5.02 Å². The lowest BCUT2D eigenvalue weighted by molar-refractivity contribution is 0.101. The van der Waals surface area contributed by atoms with Crippen LogP contribution in [0, 0.1) is 6.92 Å². The molecule has 106 valence electrons. The molecule has 21 heavy (non-hydrogen) atoms. The molecular formula is C14H11ClN4O2. The summed E-state index contributed by atoms with van der Waals surface area (Å²) in [6.45, 7) is 1.75. The third-order valence-electron chi connectivity index (χ3n) is 2.75. The highest BCUT2D eigenvalue weighted by molar-refractivity contribution is 6.30. The van der Waals surface area contributed by atoms with Gasteiger partial charge in [0.15, 0.2) is 5.69 Å². The minimum Gasteiger partial charge on any atom is -0.429 e. The van der Waals surface area contributed by atoms with Gasteiger partial charge >= 0.3 is 6.01 Å². The summed E-state index contributed by atoms with van der Waals surface area (Å²) >= 11 is 5.84. The number of amides is 1. The molecule has 2 aromatic heterocycles. The van der Waals surface area contributed by atoms with E-state index in [-0.39, 0.29) is 17.6 Å². The van der Waals surface area contributed by atoms with Crippen LogP contribution in [0.15, 0.2) is 47.1 Å². The molecule has 0 atom stereocenters. The van der Waals surface area contributed by atoms with Gasteiger partial charge in [-0.15, -0.1) is 0 Å². The summed E-state index contributed by atoms with van der Waals surface area (Å²) in [6.07, 6.45) is 3.22. The maximum absolute atomic E-state index is 12.0. The van der Waals surface area contributed by atoms with Crippen LogP contribution >= 0.6 is 11.6 Å². The second kappa shape index (κ2) is 5.41. The molecule has 1 aromatic carbocycles. The van der Waals surface area contributed by atoms with E-state index in [1.54, 1.807) is 36.0 Å². The number of hydrogen-bond acceptors (Lipinski definition) is 4. The van der Waals surface area contributed by atoms with E-state index in [4.69, 9.17) is 16.0 Å². The second-order valence-electron chi connectivity index (χ2n) is 4.35. The number of halogens is 1. The van der Waals surface area contributed by atoms with E-state index in [1.807, 2.05) is 12.1 Å². The Hall–Kier alpha value is -2.60. The van der Waals surface area contributed by atoms with E-state index in [0.29, 0.717) is 10.8 Å². The van der Waals surface area contributed by atoms with Gasteiger partial charge in [-0.25, -0.2) is 9.67 Å². The Labute approximate surface area is 125 Å². The molecular weight excluding hydrogens is 292 g/mol. The fraction of sp³-hybridized carbons (Fsp3) is 0.0714. The zero-order chi connectivity index (χ0) is 14.8. The molecule has 3 aromatic rings. The lowest BCUT2D eigenvalue weighted by atomic mass is 10.3. The summed E-state index contributed by atoms with van der Waals surface area (Å²) in [4.78, 5) is 15.9. The SMILES string of the molecule is Cc1cnc(NC(=O)c2ccn(-c3ccc(Cl)cc3)n2)o1. The van der Waals surface area contributed by atoms with Crippen LogP contribution in [0.3, 0.4) is 0 Å². The fourth-order valence-corrected chi connectivity index (χ4v) is 1.88. The molecule has 0 saturated heterocycles. The van der Waals surface area contributed by atoms with E-state index in [0.717, 1.165) is 5.69 Å². The van der Waals surface area contributed by atoms with Gasteiger partial charge in [-0.1, -0.05) is 11.6 Å². The van der Waals surface area contributed by atoms with E-state index in [1.165, 1.54) is 6.20 Å². The monoisotopic (exact) mass is 302 g/mol. The number of oxazole rings is 1. The number of carbonyl (C=O) groups excluding carboxylic acids is 1. The zero-order valence-electron chi connectivity index (χ0n) is 11.1. The first-order valence-electron chi connectivity index (χ1n) is 6.17. The van der Waals surface area contributed by atoms with Crippen LogP contribution in [-0.4, -0.2) is 20.7 Å². The van der Waals surface area contributed by atoms with E-state index in [2.05, 4.69) is 15.4 Å². The third-order valence-corrected chi connectivity index (χ3v) is 3.01. The zero-order valence-corrected chi connectivity index (χ0v) is 11.8. The summed E-state index contributed by atoms with van der Waals surface area (Å²) in [5.41, 5.74) is 1.08. The lowest BCUT2D eigenvalue weighted by Crippen LogP contribution is -2.13. The molecule has 0 unspecified atom stereocenters. The molecule has 0 spiro atoms. The maximum Gasteiger partial charge on any atom is 0.301 e. The molecule has 0 radical (unpaired) electrons. The molecule has 1 amide bonds. The number of rotatable bonds is 3. The molecule has 2 heterocycles. The summed E-state index contributed by atoms with van der Waals surface area (Å²) in [7, 11) is 0. The number of aryl methyl sites for hydroxylation is 1. The van der Waals surface area contributed by atoms with Gasteiger partial charge in [-0.3, -0.25) is 10.1 Å². The van der Waals surface area contributed by atoms with Crippen LogP contribution in [0.1, 0.15) is 16.2 Å². The van der Waals surface area contributed by atoms with Gasteiger partial charge in [0.05, 0.1) is 11.9 Å². The van der Waals surface area contributed by atoms with Crippen molar-refractivity contribution in [2.24, 2.45) is 0 Å². The van der Waals surface area contributed by atoms with Crippen molar-refractivity contribution in [3.63, 3.8) is 0 Å². The summed E-state index contributed by atoms with van der Waals surface area (Å²) in [6, 6.07) is 8.91. The van der Waals surface area contributed by atoms with Crippen molar-refractivity contribution >= 4 is 23.5 Å². The highest BCUT2D eigenvalue weighted by Gasteiger charge is 2.13. The van der Waals surface area contributed by atoms with Gasteiger partial charge in [0, 0.05) is 11.2 Å². The average Bonchev–Trinajstić information content (AvgIpc) is 3.09. The third kappa shape index (κ3) is 2.95. The van der Waals surface area contributed by atoms with Crippen molar-refractivity contribution in [2.75, 3.05) is 5.32 Å².